The molecule has 90 valence electrons. The molecule has 2 rings (SSSR count). The van der Waals surface area contributed by atoms with E-state index in [0.29, 0.717) is 0 Å². The van der Waals surface area contributed by atoms with Gasteiger partial charge in [-0.05, 0) is 37.9 Å². The number of aromatic nitrogens is 1. The SMILES string of the molecule is COc1cccc2c(CCCCN)nccc12. The summed E-state index contributed by atoms with van der Waals surface area (Å²) in [5.41, 5.74) is 6.64. The molecule has 0 saturated carbocycles. The van der Waals surface area contributed by atoms with E-state index < -0.39 is 0 Å². The molecule has 1 aromatic carbocycles. The van der Waals surface area contributed by atoms with E-state index in [0.717, 1.165) is 42.6 Å². The molecule has 0 unspecified atom stereocenters. The number of nitrogens with two attached hydrogens (primary N) is 1. The van der Waals surface area contributed by atoms with Crippen LogP contribution in [-0.4, -0.2) is 18.6 Å². The molecule has 0 bridgehead atoms. The highest BCUT2D eigenvalue weighted by Crippen LogP contribution is 2.27. The summed E-state index contributed by atoms with van der Waals surface area (Å²) in [4.78, 5) is 4.46. The van der Waals surface area contributed by atoms with Crippen molar-refractivity contribution in [2.75, 3.05) is 13.7 Å². The molecule has 0 aliphatic carbocycles. The van der Waals surface area contributed by atoms with E-state index in [4.69, 9.17) is 10.5 Å². The van der Waals surface area contributed by atoms with Crippen LogP contribution in [0.25, 0.3) is 10.8 Å². The van der Waals surface area contributed by atoms with E-state index in [9.17, 15) is 0 Å². The molecule has 0 aliphatic heterocycles. The Morgan fingerprint density at radius 2 is 2.06 bits per heavy atom. The topological polar surface area (TPSA) is 48.1 Å². The molecule has 0 saturated heterocycles. The van der Waals surface area contributed by atoms with Crippen LogP contribution in [-0.2, 0) is 6.42 Å². The van der Waals surface area contributed by atoms with Crippen LogP contribution in [0.3, 0.4) is 0 Å². The second-order valence-corrected chi connectivity index (χ2v) is 4.06. The zero-order valence-electron chi connectivity index (χ0n) is 10.1. The molecule has 0 spiro atoms. The molecule has 1 aromatic heterocycles. The van der Waals surface area contributed by atoms with Crippen LogP contribution >= 0.6 is 0 Å². The first-order valence-corrected chi connectivity index (χ1v) is 5.97. The van der Waals surface area contributed by atoms with E-state index in [2.05, 4.69) is 11.1 Å². The lowest BCUT2D eigenvalue weighted by atomic mass is 10.1. The molecule has 2 aromatic rings. The maximum absolute atomic E-state index is 5.51. The summed E-state index contributed by atoms with van der Waals surface area (Å²) in [6, 6.07) is 8.09. The van der Waals surface area contributed by atoms with E-state index in [1.54, 1.807) is 7.11 Å². The first-order valence-electron chi connectivity index (χ1n) is 5.97. The molecule has 0 radical (unpaired) electrons. The van der Waals surface area contributed by atoms with E-state index in [-0.39, 0.29) is 0 Å². The lowest BCUT2D eigenvalue weighted by Gasteiger charge is -2.08. The normalized spacial score (nSPS) is 10.7. The second-order valence-electron chi connectivity index (χ2n) is 4.06. The van der Waals surface area contributed by atoms with Gasteiger partial charge in [0.25, 0.3) is 0 Å². The summed E-state index contributed by atoms with van der Waals surface area (Å²) in [5.74, 6) is 0.907. The Morgan fingerprint density at radius 3 is 2.82 bits per heavy atom. The van der Waals surface area contributed by atoms with E-state index >= 15 is 0 Å². The number of nitrogens with zero attached hydrogens (tertiary/aromatic N) is 1. The highest BCUT2D eigenvalue weighted by Gasteiger charge is 2.05. The molecule has 3 nitrogen and oxygen atoms in total. The number of unbranched alkanes of at least 4 members (excludes halogenated alkanes) is 1. The minimum atomic E-state index is 0.744. The third-order valence-corrected chi connectivity index (χ3v) is 2.94. The van der Waals surface area contributed by atoms with E-state index in [1.807, 2.05) is 24.4 Å². The Balaban J connectivity index is 2.36. The van der Waals surface area contributed by atoms with Crippen molar-refractivity contribution in [2.24, 2.45) is 5.73 Å². The quantitative estimate of drug-likeness (QED) is 0.803. The number of fused-ring (bicyclic) bond motifs is 1. The zero-order valence-corrected chi connectivity index (χ0v) is 10.1. The van der Waals surface area contributed by atoms with Crippen LogP contribution < -0.4 is 10.5 Å². The Kier molecular flexibility index (Phi) is 3.94. The highest BCUT2D eigenvalue weighted by atomic mass is 16.5. The summed E-state index contributed by atoms with van der Waals surface area (Å²) in [5, 5.41) is 2.32. The second kappa shape index (κ2) is 5.64. The first kappa shape index (κ1) is 11.9. The molecule has 17 heavy (non-hydrogen) atoms. The number of hydrogen-bond acceptors (Lipinski definition) is 3. The molecule has 3 heteroatoms. The number of ether oxygens (including phenoxy) is 1. The number of hydrogen-bond donors (Lipinski definition) is 1. The lowest BCUT2D eigenvalue weighted by molar-refractivity contribution is 0.420. The van der Waals surface area contributed by atoms with Crippen LogP contribution in [0.5, 0.6) is 5.75 Å². The summed E-state index contributed by atoms with van der Waals surface area (Å²) in [7, 11) is 1.70. The smallest absolute Gasteiger partial charge is 0.126 e. The van der Waals surface area contributed by atoms with Gasteiger partial charge in [-0.15, -0.1) is 0 Å². The average molecular weight is 230 g/mol. The third-order valence-electron chi connectivity index (χ3n) is 2.94. The monoisotopic (exact) mass is 230 g/mol. The van der Waals surface area contributed by atoms with Gasteiger partial charge in [0.15, 0.2) is 0 Å². The fraction of sp³-hybridized carbons (Fsp3) is 0.357. The Morgan fingerprint density at radius 1 is 1.18 bits per heavy atom. The van der Waals surface area contributed by atoms with Crippen molar-refractivity contribution in [3.63, 3.8) is 0 Å². The zero-order chi connectivity index (χ0) is 12.1. The van der Waals surface area contributed by atoms with Crippen molar-refractivity contribution in [1.29, 1.82) is 0 Å². The summed E-state index contributed by atoms with van der Waals surface area (Å²) < 4.78 is 5.36. The minimum Gasteiger partial charge on any atom is -0.496 e. The molecular formula is C14H18N2O. The van der Waals surface area contributed by atoms with Crippen molar-refractivity contribution < 1.29 is 4.74 Å². The van der Waals surface area contributed by atoms with Gasteiger partial charge in [-0.3, -0.25) is 4.98 Å². The molecular weight excluding hydrogens is 212 g/mol. The van der Waals surface area contributed by atoms with Crippen molar-refractivity contribution in [1.82, 2.24) is 4.98 Å². The molecule has 0 fully saturated rings. The Bertz CT molecular complexity index is 497. The van der Waals surface area contributed by atoms with Gasteiger partial charge in [-0.2, -0.15) is 0 Å². The minimum absolute atomic E-state index is 0.744. The summed E-state index contributed by atoms with van der Waals surface area (Å²) in [6.45, 7) is 0.744. The maximum atomic E-state index is 5.51. The summed E-state index contributed by atoms with van der Waals surface area (Å²) >= 11 is 0. The van der Waals surface area contributed by atoms with E-state index in [1.165, 1.54) is 5.39 Å². The number of rotatable bonds is 5. The van der Waals surface area contributed by atoms with Gasteiger partial charge in [0.1, 0.15) is 5.75 Å². The predicted molar refractivity (Wildman–Crippen MR) is 70.3 cm³/mol. The van der Waals surface area contributed by atoms with Crippen LogP contribution in [0.1, 0.15) is 18.5 Å². The number of pyridine rings is 1. The van der Waals surface area contributed by atoms with Gasteiger partial charge in [0, 0.05) is 22.7 Å². The number of methoxy groups -OCH3 is 1. The lowest BCUT2D eigenvalue weighted by Crippen LogP contribution is -2.00. The van der Waals surface area contributed by atoms with Gasteiger partial charge in [-0.25, -0.2) is 0 Å². The predicted octanol–water partition coefficient (Wildman–Crippen LogP) is 2.52. The van der Waals surface area contributed by atoms with Crippen molar-refractivity contribution >= 4 is 10.8 Å². The molecule has 0 amide bonds. The fourth-order valence-corrected chi connectivity index (χ4v) is 2.05. The van der Waals surface area contributed by atoms with Gasteiger partial charge >= 0.3 is 0 Å². The number of aryl methyl sites for hydroxylation is 1. The van der Waals surface area contributed by atoms with Crippen molar-refractivity contribution in [2.45, 2.75) is 19.3 Å². The van der Waals surface area contributed by atoms with Crippen LogP contribution in [0.2, 0.25) is 0 Å². The van der Waals surface area contributed by atoms with Crippen LogP contribution in [0.15, 0.2) is 30.5 Å². The summed E-state index contributed by atoms with van der Waals surface area (Å²) in [6.07, 6.45) is 4.95. The molecule has 1 heterocycles. The maximum Gasteiger partial charge on any atom is 0.126 e. The van der Waals surface area contributed by atoms with Crippen molar-refractivity contribution in [3.8, 4) is 5.75 Å². The molecule has 2 N–H and O–H groups in total. The number of benzene rings is 1. The standard InChI is InChI=1S/C14H18N2O/c1-17-14-7-4-5-11-12(14)8-10-16-13(11)6-2-3-9-15/h4-5,7-8,10H,2-3,6,9,15H2,1H3. The van der Waals surface area contributed by atoms with Crippen LogP contribution in [0, 0.1) is 0 Å². The van der Waals surface area contributed by atoms with Gasteiger partial charge < -0.3 is 10.5 Å². The van der Waals surface area contributed by atoms with Gasteiger partial charge in [0.05, 0.1) is 7.11 Å². The first-order chi connectivity index (χ1) is 8.36. The third kappa shape index (κ3) is 2.56. The van der Waals surface area contributed by atoms with Gasteiger partial charge in [-0.1, -0.05) is 12.1 Å². The largest absolute Gasteiger partial charge is 0.496 e. The average Bonchev–Trinajstić information content (AvgIpc) is 2.38. The van der Waals surface area contributed by atoms with Gasteiger partial charge in [0.2, 0.25) is 0 Å². The highest BCUT2D eigenvalue weighted by molar-refractivity contribution is 5.89. The van der Waals surface area contributed by atoms with Crippen molar-refractivity contribution in [3.05, 3.63) is 36.2 Å². The molecule has 0 atom stereocenters. The van der Waals surface area contributed by atoms with Crippen LogP contribution in [0.4, 0.5) is 0 Å². The molecule has 0 aliphatic rings. The Labute approximate surface area is 102 Å². The Hall–Kier alpha value is -1.61. The fourth-order valence-electron chi connectivity index (χ4n) is 2.05.